The number of carbonyl (C=O) groups is 1. The Labute approximate surface area is 128 Å². The van der Waals surface area contributed by atoms with Crippen LogP contribution in [0.3, 0.4) is 0 Å². The van der Waals surface area contributed by atoms with Crippen molar-refractivity contribution in [2.24, 2.45) is 0 Å². The first kappa shape index (κ1) is 14.9. The smallest absolute Gasteiger partial charge is 0.256 e. The Morgan fingerprint density at radius 1 is 1.23 bits per heavy atom. The largest absolute Gasteiger partial charge is 0.361 e. The minimum atomic E-state index is -1.14. The molecule has 2 N–H and O–H groups in total. The average molecular weight is 320 g/mol. The Bertz CT molecular complexity index is 753. The quantitative estimate of drug-likeness (QED) is 0.672. The molecule has 1 aromatic heterocycles. The standard InChI is InChI=1S/C15H14FN2O3P/c1-20-22(21-2)11-6-10(17-8-11)7-13-12-5-9(16)3-4-14(12)18-15(13)19/h3-8,17H,1-2H3,(H,18,19)/b13-7-. The lowest BCUT2D eigenvalue weighted by Gasteiger charge is -2.08. The molecule has 1 aliphatic rings. The summed E-state index contributed by atoms with van der Waals surface area (Å²) in [6.45, 7) is 0. The second-order valence-corrected chi connectivity index (χ2v) is 6.40. The maximum absolute atomic E-state index is 13.4. The van der Waals surface area contributed by atoms with E-state index in [2.05, 4.69) is 10.3 Å². The van der Waals surface area contributed by atoms with Crippen LogP contribution >= 0.6 is 8.38 Å². The van der Waals surface area contributed by atoms with Crippen LogP contribution in [0.5, 0.6) is 0 Å². The molecule has 1 aromatic carbocycles. The summed E-state index contributed by atoms with van der Waals surface area (Å²) in [4.78, 5) is 15.1. The Morgan fingerprint density at radius 3 is 2.73 bits per heavy atom. The second-order valence-electron chi connectivity index (χ2n) is 4.64. The highest BCUT2D eigenvalue weighted by Gasteiger charge is 2.24. The zero-order valence-corrected chi connectivity index (χ0v) is 12.9. The zero-order chi connectivity index (χ0) is 15.7. The van der Waals surface area contributed by atoms with E-state index in [-0.39, 0.29) is 11.7 Å². The zero-order valence-electron chi connectivity index (χ0n) is 12.0. The molecule has 1 aliphatic heterocycles. The van der Waals surface area contributed by atoms with Crippen LogP contribution in [0.15, 0.2) is 30.5 Å². The molecule has 0 spiro atoms. The maximum atomic E-state index is 13.4. The van der Waals surface area contributed by atoms with Crippen molar-refractivity contribution in [3.8, 4) is 0 Å². The van der Waals surface area contributed by atoms with Crippen LogP contribution in [0.4, 0.5) is 10.1 Å². The Morgan fingerprint density at radius 2 is 2.00 bits per heavy atom. The van der Waals surface area contributed by atoms with Gasteiger partial charge in [-0.2, -0.15) is 0 Å². The third-order valence-electron chi connectivity index (χ3n) is 3.30. The number of fused-ring (bicyclic) bond motifs is 1. The van der Waals surface area contributed by atoms with Gasteiger partial charge in [0.15, 0.2) is 0 Å². The van der Waals surface area contributed by atoms with Crippen molar-refractivity contribution in [3.05, 3.63) is 47.5 Å². The number of halogens is 1. The molecule has 3 rings (SSSR count). The molecule has 2 aromatic rings. The van der Waals surface area contributed by atoms with Gasteiger partial charge in [-0.15, -0.1) is 0 Å². The van der Waals surface area contributed by atoms with E-state index >= 15 is 0 Å². The van der Waals surface area contributed by atoms with Gasteiger partial charge in [0.05, 0.1) is 5.57 Å². The van der Waals surface area contributed by atoms with E-state index in [0.29, 0.717) is 16.8 Å². The first-order valence-electron chi connectivity index (χ1n) is 6.52. The van der Waals surface area contributed by atoms with Crippen molar-refractivity contribution < 1.29 is 18.2 Å². The predicted molar refractivity (Wildman–Crippen MR) is 84.3 cm³/mol. The van der Waals surface area contributed by atoms with Gasteiger partial charge in [-0.25, -0.2) is 4.39 Å². The first-order chi connectivity index (χ1) is 10.6. The van der Waals surface area contributed by atoms with Crippen LogP contribution in [-0.4, -0.2) is 25.1 Å². The summed E-state index contributed by atoms with van der Waals surface area (Å²) in [5.41, 5.74) is 2.31. The van der Waals surface area contributed by atoms with Crippen LogP contribution in [0, 0.1) is 5.82 Å². The minimum Gasteiger partial charge on any atom is -0.361 e. The van der Waals surface area contributed by atoms with Gasteiger partial charge < -0.3 is 19.3 Å². The van der Waals surface area contributed by atoms with Gasteiger partial charge in [0.1, 0.15) is 5.82 Å². The van der Waals surface area contributed by atoms with Gasteiger partial charge in [0.25, 0.3) is 5.91 Å². The van der Waals surface area contributed by atoms with Crippen molar-refractivity contribution in [2.45, 2.75) is 0 Å². The van der Waals surface area contributed by atoms with Gasteiger partial charge in [0.2, 0.25) is 8.38 Å². The lowest BCUT2D eigenvalue weighted by atomic mass is 10.1. The highest BCUT2D eigenvalue weighted by atomic mass is 31.2. The highest BCUT2D eigenvalue weighted by molar-refractivity contribution is 7.55. The molecule has 0 atom stereocenters. The molecule has 0 unspecified atom stereocenters. The summed E-state index contributed by atoms with van der Waals surface area (Å²) in [5, 5.41) is 3.58. The van der Waals surface area contributed by atoms with E-state index in [0.717, 1.165) is 11.0 Å². The number of H-pyrrole nitrogens is 1. The molecule has 0 bridgehead atoms. The third kappa shape index (κ3) is 2.68. The minimum absolute atomic E-state index is 0.252. The van der Waals surface area contributed by atoms with Crippen LogP contribution < -0.4 is 10.6 Å². The van der Waals surface area contributed by atoms with Crippen molar-refractivity contribution >= 4 is 36.9 Å². The number of aromatic nitrogens is 1. The fourth-order valence-corrected chi connectivity index (χ4v) is 3.32. The summed E-state index contributed by atoms with van der Waals surface area (Å²) < 4.78 is 23.9. The molecule has 2 heterocycles. The summed E-state index contributed by atoms with van der Waals surface area (Å²) in [7, 11) is 2.01. The molecule has 1 amide bonds. The average Bonchev–Trinajstić information content (AvgIpc) is 3.07. The number of rotatable bonds is 4. The maximum Gasteiger partial charge on any atom is 0.256 e. The summed E-state index contributed by atoms with van der Waals surface area (Å²) in [6.07, 6.45) is 3.45. The Kier molecular flexibility index (Phi) is 4.07. The van der Waals surface area contributed by atoms with E-state index < -0.39 is 8.38 Å². The molecule has 7 heteroatoms. The number of aromatic amines is 1. The van der Waals surface area contributed by atoms with Gasteiger partial charge in [-0.1, -0.05) is 0 Å². The molecule has 114 valence electrons. The molecule has 0 fully saturated rings. The Hall–Kier alpha value is -2.01. The van der Waals surface area contributed by atoms with E-state index in [4.69, 9.17) is 9.05 Å². The number of amides is 1. The van der Waals surface area contributed by atoms with E-state index in [1.165, 1.54) is 12.1 Å². The topological polar surface area (TPSA) is 63.4 Å². The normalized spacial score (nSPS) is 15.5. The van der Waals surface area contributed by atoms with Crippen LogP contribution in [0.25, 0.3) is 11.6 Å². The number of hydrogen-bond acceptors (Lipinski definition) is 3. The highest BCUT2D eigenvalue weighted by Crippen LogP contribution is 2.36. The fourth-order valence-electron chi connectivity index (χ4n) is 2.33. The molecule has 0 aliphatic carbocycles. The lowest BCUT2D eigenvalue weighted by molar-refractivity contribution is -0.110. The predicted octanol–water partition coefficient (Wildman–Crippen LogP) is 2.88. The first-order valence-corrected chi connectivity index (χ1v) is 7.70. The third-order valence-corrected chi connectivity index (χ3v) is 4.64. The van der Waals surface area contributed by atoms with Crippen molar-refractivity contribution in [1.29, 1.82) is 0 Å². The lowest BCUT2D eigenvalue weighted by Crippen LogP contribution is -2.03. The summed E-state index contributed by atoms with van der Waals surface area (Å²) in [6, 6.07) is 6.06. The molecule has 0 saturated heterocycles. The summed E-state index contributed by atoms with van der Waals surface area (Å²) in [5.74, 6) is -0.631. The number of hydrogen-bond donors (Lipinski definition) is 2. The molecule has 22 heavy (non-hydrogen) atoms. The van der Waals surface area contributed by atoms with Gasteiger partial charge in [-0.3, -0.25) is 4.79 Å². The molecule has 0 radical (unpaired) electrons. The summed E-state index contributed by atoms with van der Waals surface area (Å²) >= 11 is 0. The van der Waals surface area contributed by atoms with Crippen LogP contribution in [0.2, 0.25) is 0 Å². The molecule has 5 nitrogen and oxygen atoms in total. The monoisotopic (exact) mass is 320 g/mol. The van der Waals surface area contributed by atoms with Gasteiger partial charge >= 0.3 is 0 Å². The number of anilines is 1. The van der Waals surface area contributed by atoms with Crippen LogP contribution in [0.1, 0.15) is 11.3 Å². The molecular formula is C15H14FN2O3P. The second kappa shape index (κ2) is 6.01. The number of carbonyl (C=O) groups excluding carboxylic acids is 1. The van der Waals surface area contributed by atoms with Gasteiger partial charge in [0, 0.05) is 42.7 Å². The van der Waals surface area contributed by atoms with Crippen molar-refractivity contribution in [3.63, 3.8) is 0 Å². The number of benzene rings is 1. The van der Waals surface area contributed by atoms with E-state index in [1.807, 2.05) is 6.07 Å². The van der Waals surface area contributed by atoms with E-state index in [1.54, 1.807) is 32.6 Å². The van der Waals surface area contributed by atoms with Crippen molar-refractivity contribution in [1.82, 2.24) is 4.98 Å². The molecular weight excluding hydrogens is 306 g/mol. The molecule has 0 saturated carbocycles. The SMILES string of the molecule is COP(OC)c1c[nH]c(/C=C2\C(=O)Nc3ccc(F)cc32)c1. The fraction of sp³-hybridized carbons (Fsp3) is 0.133. The van der Waals surface area contributed by atoms with Gasteiger partial charge in [-0.05, 0) is 30.3 Å². The van der Waals surface area contributed by atoms with E-state index in [9.17, 15) is 9.18 Å². The van der Waals surface area contributed by atoms with Crippen molar-refractivity contribution in [2.75, 3.05) is 19.5 Å². The number of nitrogens with one attached hydrogen (secondary N) is 2. The van der Waals surface area contributed by atoms with Crippen LogP contribution in [-0.2, 0) is 13.8 Å². The Balaban J connectivity index is 1.96.